The second-order valence-electron chi connectivity index (χ2n) is 7.14. The van der Waals surface area contributed by atoms with Crippen LogP contribution in [0.3, 0.4) is 0 Å². The van der Waals surface area contributed by atoms with Crippen molar-refractivity contribution in [3.63, 3.8) is 0 Å². The molecule has 1 aliphatic rings. The summed E-state index contributed by atoms with van der Waals surface area (Å²) < 4.78 is 0. The molecule has 1 aromatic carbocycles. The van der Waals surface area contributed by atoms with E-state index in [2.05, 4.69) is 46.4 Å². The molecule has 1 fully saturated rings. The van der Waals surface area contributed by atoms with Gasteiger partial charge >= 0.3 is 6.03 Å². The summed E-state index contributed by atoms with van der Waals surface area (Å²) in [5, 5.41) is 3.18. The van der Waals surface area contributed by atoms with Crippen LogP contribution < -0.4 is 5.32 Å². The number of hydrogen-bond donors (Lipinski definition) is 1. The summed E-state index contributed by atoms with van der Waals surface area (Å²) in [7, 11) is 1.84. The van der Waals surface area contributed by atoms with Crippen LogP contribution >= 0.6 is 0 Å². The molecule has 138 valence electrons. The van der Waals surface area contributed by atoms with Gasteiger partial charge in [0.15, 0.2) is 0 Å². The number of piperidine rings is 1. The van der Waals surface area contributed by atoms with Crippen LogP contribution in [0.2, 0.25) is 0 Å². The Morgan fingerprint density at radius 2 is 1.88 bits per heavy atom. The van der Waals surface area contributed by atoms with Crippen LogP contribution in [0.1, 0.15) is 29.5 Å². The summed E-state index contributed by atoms with van der Waals surface area (Å²) in [6.07, 6.45) is 5.51. The number of amides is 2. The zero-order valence-corrected chi connectivity index (χ0v) is 15.7. The fraction of sp³-hybridized carbons (Fsp3) is 0.429. The molecule has 0 unspecified atom stereocenters. The van der Waals surface area contributed by atoms with Crippen LogP contribution in [-0.2, 0) is 13.1 Å². The lowest BCUT2D eigenvalue weighted by Gasteiger charge is -2.33. The first-order valence-corrected chi connectivity index (χ1v) is 9.29. The summed E-state index contributed by atoms with van der Waals surface area (Å²) >= 11 is 0. The van der Waals surface area contributed by atoms with Crippen molar-refractivity contribution in [1.29, 1.82) is 0 Å². The number of hydrogen-bond acceptors (Lipinski definition) is 3. The first-order valence-electron chi connectivity index (χ1n) is 9.29. The van der Waals surface area contributed by atoms with E-state index in [-0.39, 0.29) is 12.1 Å². The predicted octanol–water partition coefficient (Wildman–Crippen LogP) is 3.20. The minimum atomic E-state index is -0.000772. The molecule has 1 aromatic heterocycles. The second kappa shape index (κ2) is 8.81. The summed E-state index contributed by atoms with van der Waals surface area (Å²) in [6.45, 7) is 5.80. The van der Waals surface area contributed by atoms with Crippen molar-refractivity contribution in [2.75, 3.05) is 20.1 Å². The van der Waals surface area contributed by atoms with Crippen LogP contribution in [0, 0.1) is 6.92 Å². The average Bonchev–Trinajstić information content (AvgIpc) is 2.66. The molecule has 0 spiro atoms. The number of urea groups is 1. The maximum atomic E-state index is 12.4. The predicted molar refractivity (Wildman–Crippen MR) is 104 cm³/mol. The number of carbonyl (C=O) groups excluding carboxylic acids is 1. The van der Waals surface area contributed by atoms with Crippen molar-refractivity contribution < 1.29 is 4.79 Å². The Labute approximate surface area is 156 Å². The fourth-order valence-electron chi connectivity index (χ4n) is 3.38. The van der Waals surface area contributed by atoms with Crippen LogP contribution in [0.5, 0.6) is 0 Å². The molecule has 0 saturated carbocycles. The summed E-state index contributed by atoms with van der Waals surface area (Å²) in [5.74, 6) is 0. The van der Waals surface area contributed by atoms with Gasteiger partial charge in [-0.15, -0.1) is 0 Å². The molecule has 5 heteroatoms. The van der Waals surface area contributed by atoms with Gasteiger partial charge in [-0.05, 0) is 48.6 Å². The van der Waals surface area contributed by atoms with E-state index in [1.54, 1.807) is 17.3 Å². The minimum absolute atomic E-state index is 0.000772. The summed E-state index contributed by atoms with van der Waals surface area (Å²) in [6, 6.07) is 12.7. The molecular formula is C21H28N4O. The highest BCUT2D eigenvalue weighted by atomic mass is 16.2. The Hall–Kier alpha value is -2.40. The molecule has 1 aliphatic heterocycles. The Kier molecular flexibility index (Phi) is 6.23. The van der Waals surface area contributed by atoms with Crippen molar-refractivity contribution in [1.82, 2.24) is 20.1 Å². The average molecular weight is 352 g/mol. The van der Waals surface area contributed by atoms with Gasteiger partial charge in [0.05, 0.1) is 0 Å². The normalized spacial score (nSPS) is 15.6. The third kappa shape index (κ3) is 5.05. The van der Waals surface area contributed by atoms with Crippen molar-refractivity contribution in [3.8, 4) is 0 Å². The standard InChI is InChI=1S/C21H28N4O/c1-17-5-3-4-6-19(17)16-25-13-9-20(10-14-25)23-21(26)24(2)15-18-7-11-22-12-8-18/h3-8,11-12,20H,9-10,13-16H2,1-2H3,(H,23,26). The Balaban J connectivity index is 1.43. The zero-order valence-electron chi connectivity index (χ0n) is 15.7. The molecule has 0 bridgehead atoms. The monoisotopic (exact) mass is 352 g/mol. The Bertz CT molecular complexity index is 711. The third-order valence-corrected chi connectivity index (χ3v) is 5.09. The quantitative estimate of drug-likeness (QED) is 0.899. The highest BCUT2D eigenvalue weighted by Crippen LogP contribution is 2.16. The van der Waals surface area contributed by atoms with Crippen LogP contribution in [0.15, 0.2) is 48.8 Å². The largest absolute Gasteiger partial charge is 0.335 e. The molecule has 3 rings (SSSR count). The van der Waals surface area contributed by atoms with E-state index in [0.717, 1.165) is 38.0 Å². The summed E-state index contributed by atoms with van der Waals surface area (Å²) in [4.78, 5) is 20.6. The van der Waals surface area contributed by atoms with Crippen LogP contribution in [0.4, 0.5) is 4.79 Å². The molecule has 5 nitrogen and oxygen atoms in total. The SMILES string of the molecule is Cc1ccccc1CN1CCC(NC(=O)N(C)Cc2ccncc2)CC1. The van der Waals surface area contributed by atoms with E-state index < -0.39 is 0 Å². The second-order valence-corrected chi connectivity index (χ2v) is 7.14. The molecule has 2 amide bonds. The molecule has 0 atom stereocenters. The molecular weight excluding hydrogens is 324 g/mol. The molecule has 26 heavy (non-hydrogen) atoms. The number of rotatable bonds is 5. The zero-order chi connectivity index (χ0) is 18.4. The fourth-order valence-corrected chi connectivity index (χ4v) is 3.38. The number of aryl methyl sites for hydroxylation is 1. The minimum Gasteiger partial charge on any atom is -0.335 e. The molecule has 0 aliphatic carbocycles. The van der Waals surface area contributed by atoms with E-state index in [1.807, 2.05) is 19.2 Å². The van der Waals surface area contributed by atoms with Gasteiger partial charge in [-0.2, -0.15) is 0 Å². The first-order chi connectivity index (χ1) is 12.6. The highest BCUT2D eigenvalue weighted by Gasteiger charge is 2.22. The van der Waals surface area contributed by atoms with Crippen molar-refractivity contribution in [2.45, 2.75) is 38.9 Å². The van der Waals surface area contributed by atoms with E-state index >= 15 is 0 Å². The van der Waals surface area contributed by atoms with Gasteiger partial charge in [-0.1, -0.05) is 24.3 Å². The van der Waals surface area contributed by atoms with Gasteiger partial charge in [0.1, 0.15) is 0 Å². The smallest absolute Gasteiger partial charge is 0.317 e. The van der Waals surface area contributed by atoms with Gasteiger partial charge in [0, 0.05) is 51.7 Å². The topological polar surface area (TPSA) is 48.5 Å². The Morgan fingerprint density at radius 3 is 2.58 bits per heavy atom. The molecule has 2 heterocycles. The van der Waals surface area contributed by atoms with Crippen molar-refractivity contribution in [3.05, 3.63) is 65.5 Å². The number of aromatic nitrogens is 1. The molecule has 2 aromatic rings. The lowest BCUT2D eigenvalue weighted by atomic mass is 10.0. The van der Waals surface area contributed by atoms with E-state index in [0.29, 0.717) is 6.54 Å². The molecule has 1 N–H and O–H groups in total. The van der Waals surface area contributed by atoms with E-state index in [1.165, 1.54) is 11.1 Å². The number of benzene rings is 1. The maximum Gasteiger partial charge on any atom is 0.317 e. The number of nitrogens with zero attached hydrogens (tertiary/aromatic N) is 3. The molecule has 1 saturated heterocycles. The van der Waals surface area contributed by atoms with Gasteiger partial charge in [-0.3, -0.25) is 9.88 Å². The van der Waals surface area contributed by atoms with Gasteiger partial charge < -0.3 is 10.2 Å². The van der Waals surface area contributed by atoms with Gasteiger partial charge in [0.2, 0.25) is 0 Å². The third-order valence-electron chi connectivity index (χ3n) is 5.09. The van der Waals surface area contributed by atoms with Gasteiger partial charge in [0.25, 0.3) is 0 Å². The number of pyridine rings is 1. The lowest BCUT2D eigenvalue weighted by Crippen LogP contribution is -2.48. The number of likely N-dealkylation sites (tertiary alicyclic amines) is 1. The highest BCUT2D eigenvalue weighted by molar-refractivity contribution is 5.74. The van der Waals surface area contributed by atoms with Crippen LogP contribution in [-0.4, -0.2) is 47.0 Å². The van der Waals surface area contributed by atoms with E-state index in [9.17, 15) is 4.79 Å². The summed E-state index contributed by atoms with van der Waals surface area (Å²) in [5.41, 5.74) is 3.83. The lowest BCUT2D eigenvalue weighted by molar-refractivity contribution is 0.173. The van der Waals surface area contributed by atoms with Crippen molar-refractivity contribution >= 4 is 6.03 Å². The number of nitrogens with one attached hydrogen (secondary N) is 1. The van der Waals surface area contributed by atoms with Crippen molar-refractivity contribution in [2.24, 2.45) is 0 Å². The number of carbonyl (C=O) groups is 1. The first kappa shape index (κ1) is 18.4. The molecule has 0 radical (unpaired) electrons. The maximum absolute atomic E-state index is 12.4. The van der Waals surface area contributed by atoms with Gasteiger partial charge in [-0.25, -0.2) is 4.79 Å². The van der Waals surface area contributed by atoms with E-state index in [4.69, 9.17) is 0 Å². The van der Waals surface area contributed by atoms with Crippen LogP contribution in [0.25, 0.3) is 0 Å². The Morgan fingerprint density at radius 1 is 1.19 bits per heavy atom.